The van der Waals surface area contributed by atoms with E-state index in [1.54, 1.807) is 18.3 Å². The monoisotopic (exact) mass is 398 g/mol. The molecule has 0 bridgehead atoms. The van der Waals surface area contributed by atoms with E-state index < -0.39 is 5.91 Å². The van der Waals surface area contributed by atoms with E-state index in [4.69, 9.17) is 20.2 Å². The van der Waals surface area contributed by atoms with Crippen molar-refractivity contribution in [2.45, 2.75) is 6.42 Å². The Kier molecular flexibility index (Phi) is 4.40. The van der Waals surface area contributed by atoms with Crippen LogP contribution in [0.4, 0.5) is 0 Å². The number of pyridine rings is 1. The van der Waals surface area contributed by atoms with Gasteiger partial charge in [-0.3, -0.25) is 9.78 Å². The van der Waals surface area contributed by atoms with Crippen molar-refractivity contribution in [1.29, 1.82) is 0 Å². The first-order chi connectivity index (χ1) is 14.7. The number of nitrogens with zero attached hydrogens (tertiary/aromatic N) is 2. The summed E-state index contributed by atoms with van der Waals surface area (Å²) in [4.78, 5) is 24.0. The molecule has 0 unspecified atom stereocenters. The van der Waals surface area contributed by atoms with Crippen LogP contribution in [0.3, 0.4) is 0 Å². The summed E-state index contributed by atoms with van der Waals surface area (Å²) in [6.45, 7) is 0.221. The number of hydrogen-bond donors (Lipinski definition) is 2. The molecule has 2 aromatic carbocycles. The predicted octanol–water partition coefficient (Wildman–Crippen LogP) is 3.56. The number of primary amides is 1. The van der Waals surface area contributed by atoms with Gasteiger partial charge < -0.3 is 20.2 Å². The minimum absolute atomic E-state index is 0.221. The van der Waals surface area contributed by atoms with Crippen molar-refractivity contribution in [1.82, 2.24) is 15.0 Å². The van der Waals surface area contributed by atoms with Gasteiger partial charge in [-0.15, -0.1) is 0 Å². The van der Waals surface area contributed by atoms with Gasteiger partial charge in [0.2, 0.25) is 12.7 Å². The number of imidazole rings is 1. The van der Waals surface area contributed by atoms with Gasteiger partial charge in [0, 0.05) is 23.7 Å². The molecule has 3 heterocycles. The first kappa shape index (κ1) is 17.9. The quantitative estimate of drug-likeness (QED) is 0.535. The average molecular weight is 398 g/mol. The second kappa shape index (κ2) is 7.36. The zero-order valence-corrected chi connectivity index (χ0v) is 16.0. The number of aromatic nitrogens is 3. The summed E-state index contributed by atoms with van der Waals surface area (Å²) in [7, 11) is 0. The molecule has 0 aliphatic carbocycles. The van der Waals surface area contributed by atoms with E-state index in [1.165, 1.54) is 0 Å². The number of hydrogen-bond acceptors (Lipinski definition) is 5. The maximum absolute atomic E-state index is 11.3. The van der Waals surface area contributed by atoms with Gasteiger partial charge in [-0.1, -0.05) is 18.2 Å². The summed E-state index contributed by atoms with van der Waals surface area (Å²) in [5.41, 5.74) is 10.1. The molecule has 1 amide bonds. The molecule has 0 radical (unpaired) electrons. The average Bonchev–Trinajstić information content (AvgIpc) is 3.41. The summed E-state index contributed by atoms with van der Waals surface area (Å²) in [5, 5.41) is 0. The summed E-state index contributed by atoms with van der Waals surface area (Å²) in [6.07, 6.45) is 2.32. The molecule has 0 spiro atoms. The molecule has 0 atom stereocenters. The highest BCUT2D eigenvalue weighted by Gasteiger charge is 2.19. The molecular formula is C23H18N4O3. The highest BCUT2D eigenvalue weighted by Crippen LogP contribution is 2.38. The number of H-pyrrole nitrogens is 1. The number of rotatable bonds is 5. The predicted molar refractivity (Wildman–Crippen MR) is 111 cm³/mol. The first-order valence-corrected chi connectivity index (χ1v) is 9.46. The summed E-state index contributed by atoms with van der Waals surface area (Å²) >= 11 is 0. The van der Waals surface area contributed by atoms with Crippen molar-refractivity contribution in [2.75, 3.05) is 6.79 Å². The molecular weight excluding hydrogens is 380 g/mol. The van der Waals surface area contributed by atoms with Gasteiger partial charge in [-0.05, 0) is 48.0 Å². The lowest BCUT2D eigenvalue weighted by Gasteiger charge is -2.03. The Labute approximate surface area is 172 Å². The van der Waals surface area contributed by atoms with E-state index in [2.05, 4.69) is 9.97 Å². The zero-order chi connectivity index (χ0) is 20.5. The largest absolute Gasteiger partial charge is 0.454 e. The van der Waals surface area contributed by atoms with E-state index in [1.807, 2.05) is 48.5 Å². The fraction of sp³-hybridized carbons (Fsp3) is 0.0870. The van der Waals surface area contributed by atoms with Crippen LogP contribution in [0.15, 0.2) is 66.9 Å². The molecule has 2 aromatic heterocycles. The molecule has 1 aliphatic heterocycles. The third-order valence-electron chi connectivity index (χ3n) is 4.93. The van der Waals surface area contributed by atoms with E-state index in [-0.39, 0.29) is 6.79 Å². The lowest BCUT2D eigenvalue weighted by Crippen LogP contribution is -2.10. The number of nitrogens with one attached hydrogen (secondary N) is 1. The molecule has 4 aromatic rings. The van der Waals surface area contributed by atoms with E-state index in [0.717, 1.165) is 39.8 Å². The minimum Gasteiger partial charge on any atom is -0.454 e. The Morgan fingerprint density at radius 3 is 2.63 bits per heavy atom. The number of aromatic amines is 1. The second-order valence-corrected chi connectivity index (χ2v) is 6.93. The first-order valence-electron chi connectivity index (χ1n) is 9.46. The van der Waals surface area contributed by atoms with Crippen molar-refractivity contribution in [2.24, 2.45) is 5.73 Å². The van der Waals surface area contributed by atoms with Crippen LogP contribution >= 0.6 is 0 Å². The van der Waals surface area contributed by atoms with Crippen molar-refractivity contribution in [3.05, 3.63) is 83.8 Å². The van der Waals surface area contributed by atoms with Gasteiger partial charge in [0.15, 0.2) is 11.5 Å². The van der Waals surface area contributed by atoms with Gasteiger partial charge in [0.25, 0.3) is 0 Å². The fourth-order valence-electron chi connectivity index (χ4n) is 3.43. The minimum atomic E-state index is -0.443. The van der Waals surface area contributed by atoms with Crippen LogP contribution in [0.1, 0.15) is 21.7 Å². The standard InChI is InChI=1S/C23H18N4O3/c24-23(28)15-6-4-14(5-7-15)11-20-26-21(22(27-20)17-3-1-2-10-25-17)16-8-9-18-19(12-16)30-13-29-18/h1-10,12H,11,13H2,(H2,24,28)(H,26,27). The Morgan fingerprint density at radius 1 is 1.03 bits per heavy atom. The summed E-state index contributed by atoms with van der Waals surface area (Å²) in [6, 6.07) is 18.7. The summed E-state index contributed by atoms with van der Waals surface area (Å²) < 4.78 is 10.9. The molecule has 30 heavy (non-hydrogen) atoms. The number of carbonyl (C=O) groups is 1. The maximum Gasteiger partial charge on any atom is 0.248 e. The molecule has 0 fully saturated rings. The Hall–Kier alpha value is -4.13. The van der Waals surface area contributed by atoms with Crippen molar-refractivity contribution in [3.63, 3.8) is 0 Å². The van der Waals surface area contributed by atoms with Gasteiger partial charge in [-0.2, -0.15) is 0 Å². The number of ether oxygens (including phenoxy) is 2. The molecule has 7 heteroatoms. The number of amides is 1. The van der Waals surface area contributed by atoms with E-state index >= 15 is 0 Å². The number of fused-ring (bicyclic) bond motifs is 1. The lowest BCUT2D eigenvalue weighted by molar-refractivity contribution is 0.100. The molecule has 7 nitrogen and oxygen atoms in total. The second-order valence-electron chi connectivity index (χ2n) is 6.93. The van der Waals surface area contributed by atoms with Crippen LogP contribution in [-0.2, 0) is 6.42 Å². The Morgan fingerprint density at radius 2 is 1.87 bits per heavy atom. The molecule has 148 valence electrons. The van der Waals surface area contributed by atoms with E-state index in [9.17, 15) is 4.79 Å². The molecule has 5 rings (SSSR count). The highest BCUT2D eigenvalue weighted by molar-refractivity contribution is 5.92. The van der Waals surface area contributed by atoms with Crippen molar-refractivity contribution < 1.29 is 14.3 Å². The van der Waals surface area contributed by atoms with Crippen LogP contribution in [0.2, 0.25) is 0 Å². The van der Waals surface area contributed by atoms with Crippen LogP contribution in [0.5, 0.6) is 11.5 Å². The number of nitrogens with two attached hydrogens (primary N) is 1. The van der Waals surface area contributed by atoms with Gasteiger partial charge in [-0.25, -0.2) is 4.98 Å². The summed E-state index contributed by atoms with van der Waals surface area (Å²) in [5.74, 6) is 1.77. The SMILES string of the molecule is NC(=O)c1ccc(Cc2nc(-c3ccc4c(c3)OCO4)c(-c3ccccn3)[nH]2)cc1. The van der Waals surface area contributed by atoms with Crippen molar-refractivity contribution in [3.8, 4) is 34.1 Å². The molecule has 0 saturated heterocycles. The van der Waals surface area contributed by atoms with Crippen LogP contribution in [0.25, 0.3) is 22.6 Å². The third-order valence-corrected chi connectivity index (χ3v) is 4.93. The highest BCUT2D eigenvalue weighted by atomic mass is 16.7. The topological polar surface area (TPSA) is 103 Å². The maximum atomic E-state index is 11.3. The van der Waals surface area contributed by atoms with Crippen molar-refractivity contribution >= 4 is 5.91 Å². The third kappa shape index (κ3) is 3.37. The number of benzene rings is 2. The molecule has 0 saturated carbocycles. The van der Waals surface area contributed by atoms with Gasteiger partial charge in [0.1, 0.15) is 5.82 Å². The Bertz CT molecular complexity index is 1220. The Balaban J connectivity index is 1.54. The number of carbonyl (C=O) groups excluding carboxylic acids is 1. The van der Waals surface area contributed by atoms with E-state index in [0.29, 0.717) is 17.7 Å². The fourth-order valence-corrected chi connectivity index (χ4v) is 3.43. The smallest absolute Gasteiger partial charge is 0.248 e. The molecule has 3 N–H and O–H groups in total. The lowest BCUT2D eigenvalue weighted by atomic mass is 10.1. The van der Waals surface area contributed by atoms with Crippen LogP contribution in [0, 0.1) is 0 Å². The van der Waals surface area contributed by atoms with Crippen LogP contribution in [-0.4, -0.2) is 27.7 Å². The zero-order valence-electron chi connectivity index (χ0n) is 16.0. The normalized spacial score (nSPS) is 12.1. The molecule has 1 aliphatic rings. The van der Waals surface area contributed by atoms with Gasteiger partial charge >= 0.3 is 0 Å². The van der Waals surface area contributed by atoms with Crippen LogP contribution < -0.4 is 15.2 Å². The van der Waals surface area contributed by atoms with Gasteiger partial charge in [0.05, 0.1) is 17.1 Å².